The topological polar surface area (TPSA) is 32.5 Å². The smallest absolute Gasteiger partial charge is 0.0332 e. The molecular weight excluding hydrogens is 210 g/mol. The van der Waals surface area contributed by atoms with Gasteiger partial charge in [0.2, 0.25) is 0 Å². The van der Waals surface area contributed by atoms with Crippen molar-refractivity contribution in [1.82, 2.24) is 9.80 Å². The highest BCUT2D eigenvalue weighted by Gasteiger charge is 2.45. The second-order valence-corrected chi connectivity index (χ2v) is 6.52. The van der Waals surface area contributed by atoms with E-state index in [-0.39, 0.29) is 5.54 Å². The van der Waals surface area contributed by atoms with Gasteiger partial charge in [0.15, 0.2) is 0 Å². The lowest BCUT2D eigenvalue weighted by molar-refractivity contribution is 0.0300. The molecule has 3 heteroatoms. The highest BCUT2D eigenvalue weighted by molar-refractivity contribution is 5.01. The minimum Gasteiger partial charge on any atom is -0.329 e. The van der Waals surface area contributed by atoms with Gasteiger partial charge in [-0.2, -0.15) is 0 Å². The Balaban J connectivity index is 1.85. The molecule has 0 aromatic carbocycles. The normalized spacial score (nSPS) is 27.4. The van der Waals surface area contributed by atoms with E-state index in [2.05, 4.69) is 30.6 Å². The Bertz CT molecular complexity index is 242. The zero-order chi connectivity index (χ0) is 12.5. The SMILES string of the molecule is CC(C)CN1CCN(C(C)(CN)C2CC2)CC1. The molecule has 1 saturated carbocycles. The van der Waals surface area contributed by atoms with Crippen LogP contribution in [0.5, 0.6) is 0 Å². The Morgan fingerprint density at radius 2 is 1.76 bits per heavy atom. The molecule has 0 aromatic rings. The molecule has 2 N–H and O–H groups in total. The van der Waals surface area contributed by atoms with Gasteiger partial charge in [-0.1, -0.05) is 13.8 Å². The third kappa shape index (κ3) is 3.01. The van der Waals surface area contributed by atoms with Crippen LogP contribution < -0.4 is 5.73 Å². The molecule has 1 unspecified atom stereocenters. The molecule has 1 aliphatic heterocycles. The van der Waals surface area contributed by atoms with Crippen molar-refractivity contribution in [2.24, 2.45) is 17.6 Å². The van der Waals surface area contributed by atoms with Gasteiger partial charge in [-0.3, -0.25) is 4.90 Å². The van der Waals surface area contributed by atoms with Gasteiger partial charge in [0.1, 0.15) is 0 Å². The molecule has 17 heavy (non-hydrogen) atoms. The Morgan fingerprint density at radius 1 is 1.18 bits per heavy atom. The van der Waals surface area contributed by atoms with Crippen LogP contribution in [-0.2, 0) is 0 Å². The van der Waals surface area contributed by atoms with Crippen molar-refractivity contribution >= 4 is 0 Å². The summed E-state index contributed by atoms with van der Waals surface area (Å²) in [5.41, 5.74) is 6.32. The first kappa shape index (κ1) is 13.3. The van der Waals surface area contributed by atoms with Gasteiger partial charge in [-0.05, 0) is 31.6 Å². The van der Waals surface area contributed by atoms with Crippen LogP contribution in [0, 0.1) is 11.8 Å². The van der Waals surface area contributed by atoms with Crippen LogP contribution in [0.25, 0.3) is 0 Å². The van der Waals surface area contributed by atoms with Crippen molar-refractivity contribution in [2.45, 2.75) is 39.2 Å². The van der Waals surface area contributed by atoms with E-state index in [0.29, 0.717) is 0 Å². The van der Waals surface area contributed by atoms with Crippen molar-refractivity contribution in [3.05, 3.63) is 0 Å². The molecule has 1 saturated heterocycles. The minimum atomic E-state index is 0.282. The summed E-state index contributed by atoms with van der Waals surface area (Å²) >= 11 is 0. The first-order valence-corrected chi connectivity index (χ1v) is 7.23. The second-order valence-electron chi connectivity index (χ2n) is 6.52. The standard InChI is InChI=1S/C14H29N3/c1-12(2)10-16-6-8-17(9-7-16)14(3,11-15)13-4-5-13/h12-13H,4-11,15H2,1-3H3. The second kappa shape index (κ2) is 5.25. The maximum absolute atomic E-state index is 6.04. The van der Waals surface area contributed by atoms with Gasteiger partial charge < -0.3 is 10.6 Å². The van der Waals surface area contributed by atoms with Gasteiger partial charge in [-0.15, -0.1) is 0 Å². The number of nitrogens with two attached hydrogens (primary N) is 1. The van der Waals surface area contributed by atoms with Gasteiger partial charge in [0, 0.05) is 44.8 Å². The Kier molecular flexibility index (Phi) is 4.11. The van der Waals surface area contributed by atoms with Crippen LogP contribution in [0.1, 0.15) is 33.6 Å². The van der Waals surface area contributed by atoms with E-state index < -0.39 is 0 Å². The lowest BCUT2D eigenvalue weighted by Gasteiger charge is -2.46. The van der Waals surface area contributed by atoms with E-state index in [0.717, 1.165) is 18.4 Å². The molecule has 2 fully saturated rings. The lowest BCUT2D eigenvalue weighted by Crippen LogP contribution is -2.60. The van der Waals surface area contributed by atoms with E-state index >= 15 is 0 Å². The van der Waals surface area contributed by atoms with Crippen molar-refractivity contribution in [1.29, 1.82) is 0 Å². The van der Waals surface area contributed by atoms with Gasteiger partial charge in [0.05, 0.1) is 0 Å². The van der Waals surface area contributed by atoms with Crippen molar-refractivity contribution in [3.8, 4) is 0 Å². The number of hydrogen-bond acceptors (Lipinski definition) is 3. The molecule has 1 aliphatic carbocycles. The molecule has 0 bridgehead atoms. The molecule has 0 aromatic heterocycles. The quantitative estimate of drug-likeness (QED) is 0.787. The summed E-state index contributed by atoms with van der Waals surface area (Å²) in [6, 6.07) is 0. The molecule has 0 radical (unpaired) electrons. The largest absolute Gasteiger partial charge is 0.329 e. The Labute approximate surface area is 106 Å². The molecular formula is C14H29N3. The summed E-state index contributed by atoms with van der Waals surface area (Å²) in [7, 11) is 0. The van der Waals surface area contributed by atoms with E-state index in [9.17, 15) is 0 Å². The molecule has 1 atom stereocenters. The number of nitrogens with zero attached hydrogens (tertiary/aromatic N) is 2. The Morgan fingerprint density at radius 3 is 2.18 bits per heavy atom. The molecule has 3 nitrogen and oxygen atoms in total. The first-order valence-electron chi connectivity index (χ1n) is 7.23. The van der Waals surface area contributed by atoms with Crippen LogP contribution in [0.4, 0.5) is 0 Å². The van der Waals surface area contributed by atoms with Crippen molar-refractivity contribution in [2.75, 3.05) is 39.3 Å². The zero-order valence-electron chi connectivity index (χ0n) is 11.8. The zero-order valence-corrected chi connectivity index (χ0v) is 11.8. The fraction of sp³-hybridized carbons (Fsp3) is 1.00. The fourth-order valence-corrected chi connectivity index (χ4v) is 3.22. The molecule has 100 valence electrons. The number of piperazine rings is 1. The molecule has 0 amide bonds. The predicted octanol–water partition coefficient (Wildman–Crippen LogP) is 1.39. The Hall–Kier alpha value is -0.120. The van der Waals surface area contributed by atoms with Crippen molar-refractivity contribution in [3.63, 3.8) is 0 Å². The van der Waals surface area contributed by atoms with E-state index in [4.69, 9.17) is 5.73 Å². The molecule has 2 rings (SSSR count). The lowest BCUT2D eigenvalue weighted by atomic mass is 9.92. The minimum absolute atomic E-state index is 0.282. The maximum atomic E-state index is 6.04. The van der Waals surface area contributed by atoms with E-state index in [1.165, 1.54) is 45.6 Å². The highest BCUT2D eigenvalue weighted by Crippen LogP contribution is 2.42. The number of hydrogen-bond donors (Lipinski definition) is 1. The van der Waals surface area contributed by atoms with Crippen LogP contribution in [0.15, 0.2) is 0 Å². The summed E-state index contributed by atoms with van der Waals surface area (Å²) in [4.78, 5) is 5.26. The molecule has 1 heterocycles. The predicted molar refractivity (Wildman–Crippen MR) is 73.0 cm³/mol. The third-order valence-corrected chi connectivity index (χ3v) is 4.59. The van der Waals surface area contributed by atoms with Gasteiger partial charge >= 0.3 is 0 Å². The van der Waals surface area contributed by atoms with Crippen LogP contribution in [0.3, 0.4) is 0 Å². The van der Waals surface area contributed by atoms with Crippen LogP contribution >= 0.6 is 0 Å². The average molecular weight is 239 g/mol. The third-order valence-electron chi connectivity index (χ3n) is 4.59. The van der Waals surface area contributed by atoms with Gasteiger partial charge in [-0.25, -0.2) is 0 Å². The molecule has 0 spiro atoms. The van der Waals surface area contributed by atoms with Crippen LogP contribution in [0.2, 0.25) is 0 Å². The summed E-state index contributed by atoms with van der Waals surface area (Å²) in [6.45, 7) is 13.9. The van der Waals surface area contributed by atoms with E-state index in [1.54, 1.807) is 0 Å². The summed E-state index contributed by atoms with van der Waals surface area (Å²) in [6.07, 6.45) is 2.78. The monoisotopic (exact) mass is 239 g/mol. The number of rotatable bonds is 5. The molecule has 2 aliphatic rings. The average Bonchev–Trinajstić information content (AvgIpc) is 3.12. The summed E-state index contributed by atoms with van der Waals surface area (Å²) in [5.74, 6) is 1.65. The summed E-state index contributed by atoms with van der Waals surface area (Å²) in [5, 5.41) is 0. The van der Waals surface area contributed by atoms with Gasteiger partial charge in [0.25, 0.3) is 0 Å². The maximum Gasteiger partial charge on any atom is 0.0332 e. The highest BCUT2D eigenvalue weighted by atomic mass is 15.3. The van der Waals surface area contributed by atoms with Crippen LogP contribution in [-0.4, -0.2) is 54.6 Å². The first-order chi connectivity index (χ1) is 8.06. The van der Waals surface area contributed by atoms with E-state index in [1.807, 2.05) is 0 Å². The van der Waals surface area contributed by atoms with Crippen molar-refractivity contribution < 1.29 is 0 Å². The fourth-order valence-electron chi connectivity index (χ4n) is 3.22. The summed E-state index contributed by atoms with van der Waals surface area (Å²) < 4.78 is 0.